The number of benzene rings is 1. The molecule has 0 bridgehead atoms. The Kier molecular flexibility index (Phi) is 4.67. The molecule has 1 atom stereocenters. The Balaban J connectivity index is 1.54. The van der Waals surface area contributed by atoms with Gasteiger partial charge in [-0.1, -0.05) is 0 Å². The van der Waals surface area contributed by atoms with Crippen LogP contribution in [-0.2, 0) is 4.79 Å². The highest BCUT2D eigenvalue weighted by atomic mass is 16.5. The third-order valence-corrected chi connectivity index (χ3v) is 4.62. The van der Waals surface area contributed by atoms with Gasteiger partial charge in [0.15, 0.2) is 0 Å². The molecule has 4 nitrogen and oxygen atoms in total. The minimum atomic E-state index is 0.0866. The van der Waals surface area contributed by atoms with E-state index in [1.54, 1.807) is 0 Å². The number of carbonyl (C=O) groups excluding carboxylic acids is 1. The summed E-state index contributed by atoms with van der Waals surface area (Å²) in [5.41, 5.74) is 0.836. The largest absolute Gasteiger partial charge is 0.494 e. The molecule has 0 heterocycles. The van der Waals surface area contributed by atoms with Crippen molar-refractivity contribution in [3.05, 3.63) is 24.3 Å². The lowest BCUT2D eigenvalue weighted by molar-refractivity contribution is -0.118. The van der Waals surface area contributed by atoms with Gasteiger partial charge >= 0.3 is 0 Å². The normalized spacial score (nSPS) is 19.0. The second-order valence-electron chi connectivity index (χ2n) is 6.49. The SMILES string of the molecule is CCOc1ccc(NC(=O)CN(C2CC2)C(C)C2CC2)cc1. The van der Waals surface area contributed by atoms with Crippen LogP contribution in [0.5, 0.6) is 5.75 Å². The van der Waals surface area contributed by atoms with Crippen LogP contribution in [0.25, 0.3) is 0 Å². The van der Waals surface area contributed by atoms with E-state index in [0.717, 1.165) is 17.4 Å². The molecule has 120 valence electrons. The number of nitrogens with zero attached hydrogens (tertiary/aromatic N) is 1. The zero-order valence-corrected chi connectivity index (χ0v) is 13.5. The summed E-state index contributed by atoms with van der Waals surface area (Å²) in [7, 11) is 0. The number of ether oxygens (including phenoxy) is 1. The van der Waals surface area contributed by atoms with Gasteiger partial charge in [-0.15, -0.1) is 0 Å². The van der Waals surface area contributed by atoms with Crippen molar-refractivity contribution in [2.45, 2.75) is 51.6 Å². The van der Waals surface area contributed by atoms with Crippen molar-refractivity contribution in [2.24, 2.45) is 5.92 Å². The lowest BCUT2D eigenvalue weighted by atomic mass is 10.1. The van der Waals surface area contributed by atoms with Gasteiger partial charge in [0, 0.05) is 17.8 Å². The molecule has 2 aliphatic carbocycles. The second-order valence-corrected chi connectivity index (χ2v) is 6.49. The molecule has 0 aliphatic heterocycles. The molecule has 1 aromatic rings. The van der Waals surface area contributed by atoms with Crippen molar-refractivity contribution in [2.75, 3.05) is 18.5 Å². The quantitative estimate of drug-likeness (QED) is 0.801. The summed E-state index contributed by atoms with van der Waals surface area (Å²) >= 11 is 0. The fraction of sp³-hybridized carbons (Fsp3) is 0.611. The number of carbonyl (C=O) groups is 1. The summed E-state index contributed by atoms with van der Waals surface area (Å²) in [6.45, 7) is 5.40. The second kappa shape index (κ2) is 6.69. The maximum atomic E-state index is 12.3. The lowest BCUT2D eigenvalue weighted by Crippen LogP contribution is -2.42. The molecule has 1 unspecified atom stereocenters. The van der Waals surface area contributed by atoms with Gasteiger partial charge in [-0.3, -0.25) is 9.69 Å². The predicted octanol–water partition coefficient (Wildman–Crippen LogP) is 3.29. The smallest absolute Gasteiger partial charge is 0.238 e. The van der Waals surface area contributed by atoms with Crippen molar-refractivity contribution in [1.29, 1.82) is 0 Å². The van der Waals surface area contributed by atoms with E-state index in [2.05, 4.69) is 17.1 Å². The summed E-state index contributed by atoms with van der Waals surface area (Å²) in [4.78, 5) is 14.7. The molecule has 2 aliphatic rings. The van der Waals surface area contributed by atoms with Gasteiger partial charge in [0.25, 0.3) is 0 Å². The van der Waals surface area contributed by atoms with Crippen LogP contribution in [0.3, 0.4) is 0 Å². The standard InChI is InChI=1S/C18H26N2O2/c1-3-22-17-10-6-15(7-11-17)19-18(21)12-20(16-8-9-16)13(2)14-4-5-14/h6-7,10-11,13-14,16H,3-5,8-9,12H2,1-2H3,(H,19,21). The van der Waals surface area contributed by atoms with Crippen LogP contribution < -0.4 is 10.1 Å². The molecule has 1 aromatic carbocycles. The van der Waals surface area contributed by atoms with Crippen LogP contribution >= 0.6 is 0 Å². The van der Waals surface area contributed by atoms with Crippen LogP contribution in [0, 0.1) is 5.92 Å². The molecule has 1 N–H and O–H groups in total. The zero-order valence-electron chi connectivity index (χ0n) is 13.5. The molecule has 0 saturated heterocycles. The van der Waals surface area contributed by atoms with Crippen LogP contribution in [0.15, 0.2) is 24.3 Å². The predicted molar refractivity (Wildman–Crippen MR) is 88.2 cm³/mol. The molecular weight excluding hydrogens is 276 g/mol. The first-order valence-electron chi connectivity index (χ1n) is 8.46. The molecule has 4 heteroatoms. The Hall–Kier alpha value is -1.55. The van der Waals surface area contributed by atoms with Gasteiger partial charge < -0.3 is 10.1 Å². The van der Waals surface area contributed by atoms with E-state index in [9.17, 15) is 4.79 Å². The summed E-state index contributed by atoms with van der Waals surface area (Å²) in [5.74, 6) is 1.73. The molecular formula is C18H26N2O2. The summed E-state index contributed by atoms with van der Waals surface area (Å²) in [6, 6.07) is 8.75. The summed E-state index contributed by atoms with van der Waals surface area (Å²) < 4.78 is 5.41. The molecule has 3 rings (SSSR count). The molecule has 2 saturated carbocycles. The number of amides is 1. The van der Waals surface area contributed by atoms with Crippen LogP contribution in [0.1, 0.15) is 39.5 Å². The monoisotopic (exact) mass is 302 g/mol. The van der Waals surface area contributed by atoms with Gasteiger partial charge in [0.2, 0.25) is 5.91 Å². The number of nitrogens with one attached hydrogen (secondary N) is 1. The fourth-order valence-electron chi connectivity index (χ4n) is 3.03. The van der Waals surface area contributed by atoms with E-state index >= 15 is 0 Å². The molecule has 2 fully saturated rings. The molecule has 0 aromatic heterocycles. The highest BCUT2D eigenvalue weighted by Crippen LogP contribution is 2.39. The Morgan fingerprint density at radius 2 is 1.95 bits per heavy atom. The number of anilines is 1. The van der Waals surface area contributed by atoms with Crippen molar-refractivity contribution in [3.63, 3.8) is 0 Å². The first kappa shape index (κ1) is 15.3. The highest BCUT2D eigenvalue weighted by molar-refractivity contribution is 5.92. The highest BCUT2D eigenvalue weighted by Gasteiger charge is 2.39. The number of hydrogen-bond donors (Lipinski definition) is 1. The van der Waals surface area contributed by atoms with Gasteiger partial charge in [-0.25, -0.2) is 0 Å². The van der Waals surface area contributed by atoms with Gasteiger partial charge in [0.1, 0.15) is 5.75 Å². The topological polar surface area (TPSA) is 41.6 Å². The zero-order chi connectivity index (χ0) is 15.5. The summed E-state index contributed by atoms with van der Waals surface area (Å²) in [6.07, 6.45) is 5.14. The van der Waals surface area contributed by atoms with E-state index in [-0.39, 0.29) is 5.91 Å². The first-order chi connectivity index (χ1) is 10.7. The third kappa shape index (κ3) is 4.01. The van der Waals surface area contributed by atoms with Crippen molar-refractivity contribution in [1.82, 2.24) is 4.90 Å². The van der Waals surface area contributed by atoms with E-state index in [1.807, 2.05) is 31.2 Å². The number of rotatable bonds is 8. The van der Waals surface area contributed by atoms with Gasteiger partial charge in [-0.2, -0.15) is 0 Å². The maximum Gasteiger partial charge on any atom is 0.238 e. The average molecular weight is 302 g/mol. The average Bonchev–Trinajstić information content (AvgIpc) is 3.39. The molecule has 0 radical (unpaired) electrons. The van der Waals surface area contributed by atoms with Crippen molar-refractivity contribution < 1.29 is 9.53 Å². The Bertz CT molecular complexity index is 506. The molecule has 22 heavy (non-hydrogen) atoms. The molecule has 0 spiro atoms. The van der Waals surface area contributed by atoms with Crippen LogP contribution in [-0.4, -0.2) is 36.0 Å². The minimum absolute atomic E-state index is 0.0866. The first-order valence-corrected chi connectivity index (χ1v) is 8.46. The molecule has 1 amide bonds. The number of hydrogen-bond acceptors (Lipinski definition) is 3. The minimum Gasteiger partial charge on any atom is -0.494 e. The Morgan fingerprint density at radius 3 is 2.50 bits per heavy atom. The lowest BCUT2D eigenvalue weighted by Gasteiger charge is -2.28. The van der Waals surface area contributed by atoms with Gasteiger partial charge in [-0.05, 0) is 69.7 Å². The van der Waals surface area contributed by atoms with Crippen molar-refractivity contribution in [3.8, 4) is 5.75 Å². The van der Waals surface area contributed by atoms with E-state index < -0.39 is 0 Å². The fourth-order valence-corrected chi connectivity index (χ4v) is 3.03. The Labute approximate surface area is 132 Å². The van der Waals surface area contributed by atoms with E-state index in [4.69, 9.17) is 4.74 Å². The van der Waals surface area contributed by atoms with Crippen LogP contribution in [0.4, 0.5) is 5.69 Å². The van der Waals surface area contributed by atoms with Gasteiger partial charge in [0.05, 0.1) is 13.2 Å². The maximum absolute atomic E-state index is 12.3. The summed E-state index contributed by atoms with van der Waals surface area (Å²) in [5, 5.41) is 3.00. The third-order valence-electron chi connectivity index (χ3n) is 4.62. The van der Waals surface area contributed by atoms with E-state index in [1.165, 1.54) is 25.7 Å². The van der Waals surface area contributed by atoms with Crippen molar-refractivity contribution >= 4 is 11.6 Å². The Morgan fingerprint density at radius 1 is 1.27 bits per heavy atom. The van der Waals surface area contributed by atoms with E-state index in [0.29, 0.717) is 25.2 Å². The van der Waals surface area contributed by atoms with Crippen LogP contribution in [0.2, 0.25) is 0 Å².